The normalized spacial score (nSPS) is 17.6. The number of aromatic nitrogens is 1. The molecule has 1 aliphatic rings. The van der Waals surface area contributed by atoms with E-state index in [0.717, 1.165) is 30.5 Å². The van der Waals surface area contributed by atoms with Gasteiger partial charge in [-0.1, -0.05) is 20.8 Å². The zero-order chi connectivity index (χ0) is 14.9. The number of nitrogens with zero attached hydrogens (tertiary/aromatic N) is 2. The molecule has 3 nitrogen and oxygen atoms in total. The van der Waals surface area contributed by atoms with Crippen LogP contribution in [0.25, 0.3) is 0 Å². The Morgan fingerprint density at radius 1 is 1.25 bits per heavy atom. The number of hydrogen-bond donors (Lipinski definition) is 1. The Hall–Kier alpha value is -1.09. The number of aryl methyl sites for hydroxylation is 2. The minimum absolute atomic E-state index is 0.415. The van der Waals surface area contributed by atoms with E-state index in [2.05, 4.69) is 45.6 Å². The highest BCUT2D eigenvalue weighted by Crippen LogP contribution is 2.36. The first-order valence-electron chi connectivity index (χ1n) is 7.75. The molecule has 112 valence electrons. The summed E-state index contributed by atoms with van der Waals surface area (Å²) in [5, 5.41) is 0. The van der Waals surface area contributed by atoms with Gasteiger partial charge in [-0.15, -0.1) is 0 Å². The zero-order valence-electron chi connectivity index (χ0n) is 13.7. The molecule has 2 rings (SSSR count). The van der Waals surface area contributed by atoms with Gasteiger partial charge in [0.1, 0.15) is 5.82 Å². The Morgan fingerprint density at radius 3 is 2.35 bits per heavy atom. The summed E-state index contributed by atoms with van der Waals surface area (Å²) in [6.07, 6.45) is 2.50. The first kappa shape index (κ1) is 15.3. The van der Waals surface area contributed by atoms with Crippen LogP contribution in [0, 0.1) is 25.2 Å². The molecule has 0 aliphatic carbocycles. The summed E-state index contributed by atoms with van der Waals surface area (Å²) in [6, 6.07) is 2.13. The molecule has 1 aromatic heterocycles. The first-order chi connectivity index (χ1) is 9.32. The van der Waals surface area contributed by atoms with Gasteiger partial charge >= 0.3 is 0 Å². The molecule has 1 saturated heterocycles. The fraction of sp³-hybridized carbons (Fsp3) is 0.706. The molecule has 0 spiro atoms. The lowest BCUT2D eigenvalue weighted by molar-refractivity contribution is 0.198. The summed E-state index contributed by atoms with van der Waals surface area (Å²) >= 11 is 0. The highest BCUT2D eigenvalue weighted by atomic mass is 15.2. The van der Waals surface area contributed by atoms with Crippen molar-refractivity contribution in [1.29, 1.82) is 0 Å². The van der Waals surface area contributed by atoms with Crippen molar-refractivity contribution in [2.75, 3.05) is 18.0 Å². The maximum absolute atomic E-state index is 5.94. The van der Waals surface area contributed by atoms with Gasteiger partial charge < -0.3 is 10.6 Å². The van der Waals surface area contributed by atoms with Gasteiger partial charge in [0.25, 0.3) is 0 Å². The SMILES string of the molecule is Cc1cc(C)c(CN)c(N2CCC(C(C)(C)C)CC2)n1. The van der Waals surface area contributed by atoms with Crippen LogP contribution in [0.2, 0.25) is 0 Å². The fourth-order valence-electron chi connectivity index (χ4n) is 3.31. The molecule has 1 fully saturated rings. The molecule has 1 aromatic rings. The number of pyridine rings is 1. The van der Waals surface area contributed by atoms with E-state index in [9.17, 15) is 0 Å². The van der Waals surface area contributed by atoms with E-state index >= 15 is 0 Å². The van der Waals surface area contributed by atoms with Gasteiger partial charge in [0.15, 0.2) is 0 Å². The van der Waals surface area contributed by atoms with Crippen LogP contribution in [-0.2, 0) is 6.54 Å². The van der Waals surface area contributed by atoms with E-state index in [0.29, 0.717) is 12.0 Å². The van der Waals surface area contributed by atoms with E-state index in [1.165, 1.54) is 24.0 Å². The van der Waals surface area contributed by atoms with Crippen molar-refractivity contribution in [3.63, 3.8) is 0 Å². The summed E-state index contributed by atoms with van der Waals surface area (Å²) in [5.74, 6) is 1.93. The van der Waals surface area contributed by atoms with Crippen LogP contribution >= 0.6 is 0 Å². The minimum Gasteiger partial charge on any atom is -0.356 e. The Kier molecular flexibility index (Phi) is 4.38. The van der Waals surface area contributed by atoms with Crippen LogP contribution in [0.3, 0.4) is 0 Å². The van der Waals surface area contributed by atoms with Gasteiger partial charge in [0.2, 0.25) is 0 Å². The fourth-order valence-corrected chi connectivity index (χ4v) is 3.31. The predicted molar refractivity (Wildman–Crippen MR) is 86.0 cm³/mol. The van der Waals surface area contributed by atoms with Gasteiger partial charge in [-0.25, -0.2) is 4.98 Å². The maximum Gasteiger partial charge on any atom is 0.133 e. The van der Waals surface area contributed by atoms with Gasteiger partial charge in [-0.05, 0) is 49.7 Å². The maximum atomic E-state index is 5.94. The molecule has 1 aliphatic heterocycles. The van der Waals surface area contributed by atoms with Crippen molar-refractivity contribution < 1.29 is 0 Å². The second-order valence-electron chi connectivity index (χ2n) is 7.21. The third-order valence-electron chi connectivity index (χ3n) is 4.68. The smallest absolute Gasteiger partial charge is 0.133 e. The molecule has 0 saturated carbocycles. The predicted octanol–water partition coefficient (Wildman–Crippen LogP) is 3.42. The summed E-state index contributed by atoms with van der Waals surface area (Å²) in [4.78, 5) is 7.20. The number of piperidine rings is 1. The summed E-state index contributed by atoms with van der Waals surface area (Å²) in [5.41, 5.74) is 9.93. The van der Waals surface area contributed by atoms with Crippen molar-refractivity contribution >= 4 is 5.82 Å². The van der Waals surface area contributed by atoms with Crippen molar-refractivity contribution in [1.82, 2.24) is 4.98 Å². The lowest BCUT2D eigenvalue weighted by Gasteiger charge is -2.40. The van der Waals surface area contributed by atoms with Gasteiger partial charge in [-0.2, -0.15) is 0 Å². The Bertz CT molecular complexity index is 466. The molecular weight excluding hydrogens is 246 g/mol. The minimum atomic E-state index is 0.415. The molecule has 0 amide bonds. The van der Waals surface area contributed by atoms with Gasteiger partial charge in [-0.3, -0.25) is 0 Å². The summed E-state index contributed by atoms with van der Waals surface area (Å²) in [6.45, 7) is 14.1. The van der Waals surface area contributed by atoms with Crippen LogP contribution in [0.1, 0.15) is 50.4 Å². The number of hydrogen-bond acceptors (Lipinski definition) is 3. The number of anilines is 1. The monoisotopic (exact) mass is 275 g/mol. The topological polar surface area (TPSA) is 42.1 Å². The molecule has 0 unspecified atom stereocenters. The molecular formula is C17H29N3. The van der Waals surface area contributed by atoms with Crippen molar-refractivity contribution in [3.05, 3.63) is 22.9 Å². The molecule has 0 radical (unpaired) electrons. The second-order valence-corrected chi connectivity index (χ2v) is 7.21. The molecule has 0 aromatic carbocycles. The van der Waals surface area contributed by atoms with E-state index in [1.54, 1.807) is 0 Å². The Morgan fingerprint density at radius 2 is 1.85 bits per heavy atom. The van der Waals surface area contributed by atoms with Crippen LogP contribution in [0.5, 0.6) is 0 Å². The number of rotatable bonds is 2. The van der Waals surface area contributed by atoms with E-state index in [1.807, 2.05) is 0 Å². The van der Waals surface area contributed by atoms with E-state index < -0.39 is 0 Å². The third kappa shape index (κ3) is 3.14. The number of nitrogens with two attached hydrogens (primary N) is 1. The Labute approximate surface area is 123 Å². The van der Waals surface area contributed by atoms with Crippen molar-refractivity contribution in [2.24, 2.45) is 17.1 Å². The van der Waals surface area contributed by atoms with Crippen LogP contribution in [-0.4, -0.2) is 18.1 Å². The van der Waals surface area contributed by atoms with Crippen molar-refractivity contribution in [3.8, 4) is 0 Å². The third-order valence-corrected chi connectivity index (χ3v) is 4.68. The molecule has 0 bridgehead atoms. The molecule has 2 N–H and O–H groups in total. The van der Waals surface area contributed by atoms with E-state index in [4.69, 9.17) is 10.7 Å². The highest BCUT2D eigenvalue weighted by molar-refractivity contribution is 5.51. The molecule has 2 heterocycles. The second kappa shape index (κ2) is 5.72. The lowest BCUT2D eigenvalue weighted by Crippen LogP contribution is -2.39. The highest BCUT2D eigenvalue weighted by Gasteiger charge is 2.29. The van der Waals surface area contributed by atoms with Crippen molar-refractivity contribution in [2.45, 2.75) is 54.0 Å². The summed E-state index contributed by atoms with van der Waals surface area (Å²) in [7, 11) is 0. The average molecular weight is 275 g/mol. The first-order valence-corrected chi connectivity index (χ1v) is 7.75. The van der Waals surface area contributed by atoms with Crippen LogP contribution in [0.4, 0.5) is 5.82 Å². The molecule has 20 heavy (non-hydrogen) atoms. The van der Waals surface area contributed by atoms with Gasteiger partial charge in [0, 0.05) is 30.9 Å². The lowest BCUT2D eigenvalue weighted by atomic mass is 9.75. The molecule has 3 heteroatoms. The van der Waals surface area contributed by atoms with Crippen LogP contribution in [0.15, 0.2) is 6.07 Å². The quantitative estimate of drug-likeness (QED) is 0.899. The van der Waals surface area contributed by atoms with Gasteiger partial charge in [0.05, 0.1) is 0 Å². The average Bonchev–Trinajstić information content (AvgIpc) is 2.37. The summed E-state index contributed by atoms with van der Waals surface area (Å²) < 4.78 is 0. The largest absolute Gasteiger partial charge is 0.356 e. The molecule has 0 atom stereocenters. The standard InChI is InChI=1S/C17H29N3/c1-12-10-13(2)19-16(15(12)11-18)20-8-6-14(7-9-20)17(3,4)5/h10,14H,6-9,11,18H2,1-5H3. The Balaban J connectivity index is 2.19. The van der Waals surface area contributed by atoms with E-state index in [-0.39, 0.29) is 0 Å². The zero-order valence-corrected chi connectivity index (χ0v) is 13.7. The van der Waals surface area contributed by atoms with Crippen LogP contribution < -0.4 is 10.6 Å².